The number of nitrogens with one attached hydrogen (secondary N) is 1. The van der Waals surface area contributed by atoms with Crippen LogP contribution in [0.25, 0.3) is 0 Å². The van der Waals surface area contributed by atoms with Gasteiger partial charge in [0.05, 0.1) is 20.3 Å². The molecule has 2 aromatic rings. The largest absolute Gasteiger partial charge is 0.497 e. The van der Waals surface area contributed by atoms with E-state index in [1.807, 2.05) is 0 Å². The second-order valence-electron chi connectivity index (χ2n) is 5.34. The lowest BCUT2D eigenvalue weighted by Gasteiger charge is -2.15. The summed E-state index contributed by atoms with van der Waals surface area (Å²) in [6.45, 7) is 0. The monoisotopic (exact) mass is 351 g/mol. The zero-order chi connectivity index (χ0) is 18.4. The van der Waals surface area contributed by atoms with Gasteiger partial charge in [-0.25, -0.2) is 8.78 Å². The maximum absolute atomic E-state index is 13.1. The molecule has 0 aliphatic rings. The minimum Gasteiger partial charge on any atom is -0.497 e. The lowest BCUT2D eigenvalue weighted by atomic mass is 10.0. The van der Waals surface area contributed by atoms with Gasteiger partial charge >= 0.3 is 0 Å². The van der Waals surface area contributed by atoms with Crippen molar-refractivity contribution in [3.05, 3.63) is 53.6 Å². The van der Waals surface area contributed by atoms with E-state index >= 15 is 0 Å². The average molecular weight is 351 g/mol. The summed E-state index contributed by atoms with van der Waals surface area (Å²) in [5.74, 6) is -1.41. The van der Waals surface area contributed by atoms with Crippen molar-refractivity contribution in [3.63, 3.8) is 0 Å². The molecular weight excluding hydrogens is 332 g/mol. The first-order valence-electron chi connectivity index (χ1n) is 7.59. The van der Waals surface area contributed by atoms with E-state index in [-0.39, 0.29) is 18.5 Å². The van der Waals surface area contributed by atoms with Crippen molar-refractivity contribution in [3.8, 4) is 11.5 Å². The fraction of sp³-hybridized carbons (Fsp3) is 0.278. The van der Waals surface area contributed by atoms with E-state index in [0.717, 1.165) is 12.1 Å². The van der Waals surface area contributed by atoms with Crippen molar-refractivity contribution < 1.29 is 28.2 Å². The number of halogens is 2. The van der Waals surface area contributed by atoms with Gasteiger partial charge in [-0.1, -0.05) is 0 Å². The lowest BCUT2D eigenvalue weighted by molar-refractivity contribution is -0.116. The smallest absolute Gasteiger partial charge is 0.224 e. The molecule has 0 aliphatic carbocycles. The number of ether oxygens (including phenoxy) is 2. The second kappa shape index (κ2) is 8.43. The molecule has 1 unspecified atom stereocenters. The standard InChI is InChI=1S/C18H19F2NO4/c1-24-12-4-5-13(17(10-12)25-2)16(22)7-8-18(23)21-11-3-6-14(19)15(20)9-11/h3-6,9-10,16,22H,7-8H2,1-2H3,(H,21,23). The maximum atomic E-state index is 13.1. The number of hydrogen-bond acceptors (Lipinski definition) is 4. The van der Waals surface area contributed by atoms with Gasteiger partial charge in [-0.15, -0.1) is 0 Å². The molecule has 0 saturated carbocycles. The van der Waals surface area contributed by atoms with Crippen molar-refractivity contribution >= 4 is 11.6 Å². The van der Waals surface area contributed by atoms with E-state index in [9.17, 15) is 18.7 Å². The van der Waals surface area contributed by atoms with Crippen molar-refractivity contribution in [2.24, 2.45) is 0 Å². The zero-order valence-electron chi connectivity index (χ0n) is 13.9. The highest BCUT2D eigenvalue weighted by Gasteiger charge is 2.16. The molecule has 0 fully saturated rings. The van der Waals surface area contributed by atoms with Gasteiger partial charge in [0.15, 0.2) is 11.6 Å². The summed E-state index contributed by atoms with van der Waals surface area (Å²) in [6, 6.07) is 8.08. The number of hydrogen-bond donors (Lipinski definition) is 2. The van der Waals surface area contributed by atoms with E-state index < -0.39 is 23.6 Å². The molecule has 1 atom stereocenters. The number of benzene rings is 2. The van der Waals surface area contributed by atoms with E-state index in [2.05, 4.69) is 5.32 Å². The molecule has 0 aliphatic heterocycles. The lowest BCUT2D eigenvalue weighted by Crippen LogP contribution is -2.13. The molecule has 25 heavy (non-hydrogen) atoms. The van der Waals surface area contributed by atoms with Gasteiger partial charge in [0.1, 0.15) is 11.5 Å². The Kier molecular flexibility index (Phi) is 6.30. The van der Waals surface area contributed by atoms with Crippen molar-refractivity contribution in [2.75, 3.05) is 19.5 Å². The van der Waals surface area contributed by atoms with E-state index in [1.165, 1.54) is 20.3 Å². The number of carbonyl (C=O) groups is 1. The normalized spacial score (nSPS) is 11.7. The number of rotatable bonds is 7. The van der Waals surface area contributed by atoms with Crippen LogP contribution in [0.3, 0.4) is 0 Å². The van der Waals surface area contributed by atoms with Gasteiger partial charge in [0.25, 0.3) is 0 Å². The Labute approximate surface area is 144 Å². The number of aliphatic hydroxyl groups is 1. The molecule has 0 radical (unpaired) electrons. The molecule has 0 bridgehead atoms. The fourth-order valence-corrected chi connectivity index (χ4v) is 2.31. The number of aliphatic hydroxyl groups excluding tert-OH is 1. The van der Waals surface area contributed by atoms with Crippen LogP contribution in [0, 0.1) is 11.6 Å². The Balaban J connectivity index is 1.96. The Hall–Kier alpha value is -2.67. The molecule has 0 aromatic heterocycles. The molecule has 1 amide bonds. The summed E-state index contributed by atoms with van der Waals surface area (Å²) in [7, 11) is 2.99. The second-order valence-corrected chi connectivity index (χ2v) is 5.34. The average Bonchev–Trinajstić information content (AvgIpc) is 2.62. The van der Waals surface area contributed by atoms with Crippen molar-refractivity contribution in [2.45, 2.75) is 18.9 Å². The number of methoxy groups -OCH3 is 2. The van der Waals surface area contributed by atoms with Crippen LogP contribution in [0.1, 0.15) is 24.5 Å². The molecule has 2 aromatic carbocycles. The van der Waals surface area contributed by atoms with E-state index in [1.54, 1.807) is 18.2 Å². The molecule has 7 heteroatoms. The van der Waals surface area contributed by atoms with Gasteiger partial charge in [0, 0.05) is 29.8 Å². The number of carbonyl (C=O) groups excluding carboxylic acids is 1. The summed E-state index contributed by atoms with van der Waals surface area (Å²) in [5.41, 5.74) is 0.685. The SMILES string of the molecule is COc1ccc(C(O)CCC(=O)Nc2ccc(F)c(F)c2)c(OC)c1. The minimum atomic E-state index is -1.04. The third-order valence-electron chi connectivity index (χ3n) is 3.65. The predicted molar refractivity (Wildman–Crippen MR) is 88.7 cm³/mol. The van der Waals surface area contributed by atoms with Crippen LogP contribution >= 0.6 is 0 Å². The first kappa shape index (κ1) is 18.7. The molecule has 2 N–H and O–H groups in total. The first-order chi connectivity index (χ1) is 11.9. The van der Waals surface area contributed by atoms with Gasteiger partial charge in [-0.05, 0) is 30.7 Å². The first-order valence-corrected chi connectivity index (χ1v) is 7.59. The van der Waals surface area contributed by atoms with E-state index in [4.69, 9.17) is 9.47 Å². The predicted octanol–water partition coefficient (Wildman–Crippen LogP) is 3.43. The van der Waals surface area contributed by atoms with Gasteiger partial charge < -0.3 is 19.9 Å². The number of anilines is 1. The highest BCUT2D eigenvalue weighted by atomic mass is 19.2. The third kappa shape index (κ3) is 4.90. The molecule has 134 valence electrons. The highest BCUT2D eigenvalue weighted by molar-refractivity contribution is 5.90. The van der Waals surface area contributed by atoms with E-state index in [0.29, 0.717) is 17.1 Å². The van der Waals surface area contributed by atoms with Crippen LogP contribution in [-0.4, -0.2) is 25.2 Å². The Morgan fingerprint density at radius 1 is 1.12 bits per heavy atom. The van der Waals surface area contributed by atoms with Crippen LogP contribution in [0.5, 0.6) is 11.5 Å². The summed E-state index contributed by atoms with van der Waals surface area (Å²) >= 11 is 0. The molecule has 0 saturated heterocycles. The zero-order valence-corrected chi connectivity index (χ0v) is 13.9. The molecule has 0 spiro atoms. The van der Waals surface area contributed by atoms with Crippen LogP contribution in [0.15, 0.2) is 36.4 Å². The van der Waals surface area contributed by atoms with Gasteiger partial charge in [0.2, 0.25) is 5.91 Å². The molecule has 0 heterocycles. The summed E-state index contributed by atoms with van der Waals surface area (Å²) < 4.78 is 36.3. The molecular formula is C18H19F2NO4. The fourth-order valence-electron chi connectivity index (χ4n) is 2.31. The summed E-state index contributed by atoms with van der Waals surface area (Å²) in [5, 5.41) is 12.7. The third-order valence-corrected chi connectivity index (χ3v) is 3.65. The Bertz CT molecular complexity index is 752. The topological polar surface area (TPSA) is 67.8 Å². The van der Waals surface area contributed by atoms with Crippen LogP contribution in [-0.2, 0) is 4.79 Å². The number of amides is 1. The maximum Gasteiger partial charge on any atom is 0.224 e. The van der Waals surface area contributed by atoms with Crippen LogP contribution in [0.4, 0.5) is 14.5 Å². The molecule has 5 nitrogen and oxygen atoms in total. The summed E-state index contributed by atoms with van der Waals surface area (Å²) in [4.78, 5) is 11.9. The van der Waals surface area contributed by atoms with Crippen molar-refractivity contribution in [1.82, 2.24) is 0 Å². The highest BCUT2D eigenvalue weighted by Crippen LogP contribution is 2.31. The van der Waals surface area contributed by atoms with Crippen molar-refractivity contribution in [1.29, 1.82) is 0 Å². The quantitative estimate of drug-likeness (QED) is 0.802. The van der Waals surface area contributed by atoms with Crippen LogP contribution < -0.4 is 14.8 Å². The van der Waals surface area contributed by atoms with Gasteiger partial charge in [-0.2, -0.15) is 0 Å². The minimum absolute atomic E-state index is 0.00462. The van der Waals surface area contributed by atoms with Crippen LogP contribution in [0.2, 0.25) is 0 Å². The van der Waals surface area contributed by atoms with Gasteiger partial charge in [-0.3, -0.25) is 4.79 Å². The Morgan fingerprint density at radius 2 is 1.88 bits per heavy atom. The Morgan fingerprint density at radius 3 is 2.52 bits per heavy atom. The molecule has 2 rings (SSSR count). The summed E-state index contributed by atoms with van der Waals surface area (Å²) in [6.07, 6.45) is -0.787.